The molecule has 3 N–H and O–H groups in total. The highest BCUT2D eigenvalue weighted by molar-refractivity contribution is 7.99. The van der Waals surface area contributed by atoms with Gasteiger partial charge in [-0.2, -0.15) is 0 Å². The topological polar surface area (TPSA) is 96.0 Å². The molecule has 0 spiro atoms. The van der Waals surface area contributed by atoms with Crippen molar-refractivity contribution in [3.8, 4) is 16.9 Å². The summed E-state index contributed by atoms with van der Waals surface area (Å²) in [6.07, 6.45) is 3.08. The Bertz CT molecular complexity index is 591. The van der Waals surface area contributed by atoms with Crippen LogP contribution in [0.5, 0.6) is 5.75 Å². The number of nitrogens with zero attached hydrogens (tertiary/aromatic N) is 1. The number of rotatable bonds is 3. The lowest BCUT2D eigenvalue weighted by Crippen LogP contribution is -2.50. The fourth-order valence-electron chi connectivity index (χ4n) is 2.09. The molecule has 2 aromatic heterocycles. The number of aliphatic hydroxyl groups excluding tert-OH is 3. The van der Waals surface area contributed by atoms with Gasteiger partial charge in [0.1, 0.15) is 18.0 Å². The van der Waals surface area contributed by atoms with Crippen LogP contribution >= 0.6 is 11.8 Å². The highest BCUT2D eigenvalue weighted by Crippen LogP contribution is 2.30. The molecule has 1 aliphatic rings. The van der Waals surface area contributed by atoms with Crippen LogP contribution in [0.4, 0.5) is 0 Å². The first-order valence-corrected chi connectivity index (χ1v) is 7.50. The van der Waals surface area contributed by atoms with Crippen molar-refractivity contribution in [3.05, 3.63) is 37.1 Å². The molecule has 4 atom stereocenters. The number of ether oxygens (including phenoxy) is 1. The summed E-state index contributed by atoms with van der Waals surface area (Å²) in [6.45, 7) is 0. The van der Waals surface area contributed by atoms with E-state index in [1.54, 1.807) is 24.8 Å². The van der Waals surface area contributed by atoms with Gasteiger partial charge in [0.05, 0.1) is 24.8 Å². The Morgan fingerprint density at radius 1 is 1.19 bits per heavy atom. The molecule has 3 rings (SSSR count). The van der Waals surface area contributed by atoms with Gasteiger partial charge in [0.15, 0.2) is 5.44 Å². The van der Waals surface area contributed by atoms with E-state index in [2.05, 4.69) is 4.98 Å². The predicted molar refractivity (Wildman–Crippen MR) is 76.8 cm³/mol. The monoisotopic (exact) mass is 309 g/mol. The largest absolute Gasteiger partial charge is 0.475 e. The zero-order valence-corrected chi connectivity index (χ0v) is 11.8. The highest BCUT2D eigenvalue weighted by atomic mass is 32.2. The van der Waals surface area contributed by atoms with Crippen molar-refractivity contribution in [3.63, 3.8) is 0 Å². The number of furan rings is 1. The van der Waals surface area contributed by atoms with Crippen molar-refractivity contribution in [1.82, 2.24) is 4.98 Å². The number of pyridine rings is 1. The molecule has 7 heteroatoms. The van der Waals surface area contributed by atoms with Crippen LogP contribution < -0.4 is 4.74 Å². The first kappa shape index (κ1) is 14.4. The summed E-state index contributed by atoms with van der Waals surface area (Å²) in [4.78, 5) is 4.10. The Hall–Kier alpha value is -1.54. The van der Waals surface area contributed by atoms with Gasteiger partial charge < -0.3 is 24.5 Å². The lowest BCUT2D eigenvalue weighted by molar-refractivity contribution is -0.0786. The van der Waals surface area contributed by atoms with E-state index in [4.69, 9.17) is 9.15 Å². The van der Waals surface area contributed by atoms with E-state index in [9.17, 15) is 15.3 Å². The molecule has 1 fully saturated rings. The summed E-state index contributed by atoms with van der Waals surface area (Å²) in [7, 11) is 0. The smallest absolute Gasteiger partial charge is 0.173 e. The number of aliphatic hydroxyl groups is 3. The Morgan fingerprint density at radius 2 is 2.05 bits per heavy atom. The molecule has 0 amide bonds. The highest BCUT2D eigenvalue weighted by Gasteiger charge is 2.38. The van der Waals surface area contributed by atoms with Crippen LogP contribution in [0.1, 0.15) is 0 Å². The van der Waals surface area contributed by atoms with Gasteiger partial charge in [-0.25, -0.2) is 0 Å². The van der Waals surface area contributed by atoms with Crippen molar-refractivity contribution >= 4 is 11.8 Å². The Balaban J connectivity index is 1.75. The second-order valence-corrected chi connectivity index (χ2v) is 5.92. The molecule has 0 bridgehead atoms. The molecule has 0 saturated carbocycles. The van der Waals surface area contributed by atoms with Gasteiger partial charge in [0.2, 0.25) is 0 Å². The minimum absolute atomic E-state index is 0.303. The average molecular weight is 309 g/mol. The normalized spacial score (nSPS) is 29.3. The van der Waals surface area contributed by atoms with E-state index in [-0.39, 0.29) is 0 Å². The van der Waals surface area contributed by atoms with Crippen molar-refractivity contribution in [1.29, 1.82) is 0 Å². The zero-order chi connectivity index (χ0) is 14.8. The third-order valence-electron chi connectivity index (χ3n) is 3.27. The van der Waals surface area contributed by atoms with Crippen molar-refractivity contribution < 1.29 is 24.5 Å². The molecule has 0 unspecified atom stereocenters. The van der Waals surface area contributed by atoms with Gasteiger partial charge in [-0.1, -0.05) is 0 Å². The third-order valence-corrected chi connectivity index (χ3v) is 4.51. The maximum absolute atomic E-state index is 9.93. The standard InChI is InChI=1S/C14H15NO5S/c16-11-7-21-14(13(18)12(11)17)20-10-3-9(4-15-5-10)8-1-2-19-6-8/h1-6,11-14,16-18H,7H2/t11-,12+,13-,14-/m1/s1. The Kier molecular flexibility index (Phi) is 4.16. The van der Waals surface area contributed by atoms with Gasteiger partial charge in [0, 0.05) is 23.1 Å². The molecule has 112 valence electrons. The summed E-state index contributed by atoms with van der Waals surface area (Å²) in [5, 5.41) is 29.1. The molecule has 2 aromatic rings. The fourth-order valence-corrected chi connectivity index (χ4v) is 3.21. The second kappa shape index (κ2) is 6.07. The lowest BCUT2D eigenvalue weighted by Gasteiger charge is -2.34. The minimum Gasteiger partial charge on any atom is -0.475 e. The van der Waals surface area contributed by atoms with Crippen LogP contribution in [0.2, 0.25) is 0 Å². The molecule has 1 aliphatic heterocycles. The summed E-state index contributed by atoms with van der Waals surface area (Å²) in [5.74, 6) is 0.784. The second-order valence-electron chi connectivity index (χ2n) is 4.79. The summed E-state index contributed by atoms with van der Waals surface area (Å²) < 4.78 is 10.7. The van der Waals surface area contributed by atoms with Crippen LogP contribution in [0.3, 0.4) is 0 Å². The lowest BCUT2D eigenvalue weighted by atomic mass is 10.1. The van der Waals surface area contributed by atoms with E-state index in [0.29, 0.717) is 11.5 Å². The molecular weight excluding hydrogens is 294 g/mol. The van der Waals surface area contributed by atoms with Crippen molar-refractivity contribution in [2.24, 2.45) is 0 Å². The van der Waals surface area contributed by atoms with Gasteiger partial charge >= 0.3 is 0 Å². The van der Waals surface area contributed by atoms with E-state index in [1.807, 2.05) is 6.07 Å². The number of hydrogen-bond acceptors (Lipinski definition) is 7. The maximum Gasteiger partial charge on any atom is 0.173 e. The number of hydrogen-bond donors (Lipinski definition) is 3. The quantitative estimate of drug-likeness (QED) is 0.774. The SMILES string of the molecule is O[C@@H]1[C@@H](O)[C@H](Oc2cncc(-c3ccoc3)c2)SC[C@H]1O. The van der Waals surface area contributed by atoms with Crippen LogP contribution in [-0.4, -0.2) is 49.8 Å². The summed E-state index contributed by atoms with van der Waals surface area (Å²) in [5.41, 5.74) is 1.06. The van der Waals surface area contributed by atoms with Crippen LogP contribution in [-0.2, 0) is 0 Å². The molecular formula is C14H15NO5S. The number of aromatic nitrogens is 1. The van der Waals surface area contributed by atoms with Gasteiger partial charge in [-0.15, -0.1) is 11.8 Å². The molecule has 0 aromatic carbocycles. The van der Waals surface area contributed by atoms with E-state index in [0.717, 1.165) is 11.1 Å². The summed E-state index contributed by atoms with van der Waals surface area (Å²) in [6, 6.07) is 3.59. The number of thioether (sulfide) groups is 1. The Labute approximate surface area is 125 Å². The Morgan fingerprint density at radius 3 is 2.81 bits per heavy atom. The van der Waals surface area contributed by atoms with Crippen LogP contribution in [0, 0.1) is 0 Å². The van der Waals surface area contributed by atoms with Crippen molar-refractivity contribution in [2.75, 3.05) is 5.75 Å². The van der Waals surface area contributed by atoms with Gasteiger partial charge in [-0.3, -0.25) is 4.98 Å². The first-order chi connectivity index (χ1) is 10.1. The third kappa shape index (κ3) is 3.06. The van der Waals surface area contributed by atoms with E-state index >= 15 is 0 Å². The molecule has 0 radical (unpaired) electrons. The predicted octanol–water partition coefficient (Wildman–Crippen LogP) is 0.876. The van der Waals surface area contributed by atoms with Gasteiger partial charge in [-0.05, 0) is 12.1 Å². The van der Waals surface area contributed by atoms with Crippen LogP contribution in [0.15, 0.2) is 41.5 Å². The maximum atomic E-state index is 9.93. The minimum atomic E-state index is -1.21. The molecule has 0 aliphatic carbocycles. The van der Waals surface area contributed by atoms with E-state index in [1.165, 1.54) is 18.0 Å². The van der Waals surface area contributed by atoms with Crippen LogP contribution in [0.25, 0.3) is 11.1 Å². The summed E-state index contributed by atoms with van der Waals surface area (Å²) >= 11 is 1.25. The van der Waals surface area contributed by atoms with E-state index < -0.39 is 23.7 Å². The average Bonchev–Trinajstić information content (AvgIpc) is 3.03. The van der Waals surface area contributed by atoms with Crippen molar-refractivity contribution in [2.45, 2.75) is 23.7 Å². The molecule has 3 heterocycles. The fraction of sp³-hybridized carbons (Fsp3) is 0.357. The molecule has 6 nitrogen and oxygen atoms in total. The molecule has 21 heavy (non-hydrogen) atoms. The van der Waals surface area contributed by atoms with Gasteiger partial charge in [0.25, 0.3) is 0 Å². The zero-order valence-electron chi connectivity index (χ0n) is 11.0. The first-order valence-electron chi connectivity index (χ1n) is 6.45. The molecule has 1 saturated heterocycles.